The van der Waals surface area contributed by atoms with Crippen molar-refractivity contribution in [2.75, 3.05) is 19.6 Å². The molecule has 10 heteroatoms. The van der Waals surface area contributed by atoms with Gasteiger partial charge in [0.2, 0.25) is 10.0 Å². The molecular formula is C16H17ClN6O2S. The second-order valence-electron chi connectivity index (χ2n) is 6.08. The van der Waals surface area contributed by atoms with E-state index in [0.717, 1.165) is 5.56 Å². The first-order valence-corrected chi connectivity index (χ1v) is 9.93. The number of hydrogen-bond acceptors (Lipinski definition) is 6. The quantitative estimate of drug-likeness (QED) is 0.724. The molecule has 1 aliphatic heterocycles. The fourth-order valence-electron chi connectivity index (χ4n) is 3.10. The molecule has 1 saturated heterocycles. The van der Waals surface area contributed by atoms with Crippen LogP contribution in [0, 0.1) is 6.92 Å². The van der Waals surface area contributed by atoms with E-state index in [4.69, 9.17) is 11.6 Å². The standard InChI is InChI=1S/C16H17ClN6O2S/c1-11-15(17)16-20-8-13(10-22(16)21-11)26(24,25)23-6-5-19-9-14(23)12-3-2-4-18-7-12/h2-4,7-8,10,14,19H,5-6,9H2,1H3. The van der Waals surface area contributed by atoms with Gasteiger partial charge >= 0.3 is 0 Å². The highest BCUT2D eigenvalue weighted by atomic mass is 35.5. The summed E-state index contributed by atoms with van der Waals surface area (Å²) in [7, 11) is -3.76. The molecule has 3 aromatic heterocycles. The molecule has 1 unspecified atom stereocenters. The highest BCUT2D eigenvalue weighted by molar-refractivity contribution is 7.89. The van der Waals surface area contributed by atoms with Gasteiger partial charge in [0, 0.05) is 32.0 Å². The molecular weight excluding hydrogens is 376 g/mol. The normalized spacial score (nSPS) is 19.1. The van der Waals surface area contributed by atoms with Crippen molar-refractivity contribution in [3.63, 3.8) is 0 Å². The number of aromatic nitrogens is 4. The summed E-state index contributed by atoms with van der Waals surface area (Å²) in [6, 6.07) is 3.35. The third kappa shape index (κ3) is 2.86. The molecule has 0 aromatic carbocycles. The van der Waals surface area contributed by atoms with E-state index in [9.17, 15) is 8.42 Å². The molecule has 1 N–H and O–H groups in total. The van der Waals surface area contributed by atoms with Crippen LogP contribution in [0.1, 0.15) is 17.3 Å². The molecule has 1 atom stereocenters. The maximum atomic E-state index is 13.3. The topological polar surface area (TPSA) is 92.5 Å². The van der Waals surface area contributed by atoms with Crippen molar-refractivity contribution in [3.05, 3.63) is 53.2 Å². The summed E-state index contributed by atoms with van der Waals surface area (Å²) in [4.78, 5) is 8.39. The Hall–Kier alpha value is -2.07. The third-order valence-electron chi connectivity index (χ3n) is 4.42. The number of halogens is 1. The summed E-state index contributed by atoms with van der Waals surface area (Å²) < 4.78 is 29.4. The van der Waals surface area contributed by atoms with Crippen LogP contribution in [0.2, 0.25) is 5.02 Å². The number of nitrogens with one attached hydrogen (secondary N) is 1. The molecule has 4 rings (SSSR count). The smallest absolute Gasteiger partial charge is 0.246 e. The number of piperazine rings is 1. The van der Waals surface area contributed by atoms with Gasteiger partial charge in [-0.1, -0.05) is 17.7 Å². The van der Waals surface area contributed by atoms with Crippen molar-refractivity contribution in [1.82, 2.24) is 29.2 Å². The number of nitrogens with zero attached hydrogens (tertiary/aromatic N) is 5. The number of hydrogen-bond donors (Lipinski definition) is 1. The van der Waals surface area contributed by atoms with Crippen LogP contribution in [-0.2, 0) is 10.0 Å². The van der Waals surface area contributed by atoms with Crippen molar-refractivity contribution in [3.8, 4) is 0 Å². The van der Waals surface area contributed by atoms with E-state index in [1.165, 1.54) is 21.2 Å². The number of rotatable bonds is 3. The Morgan fingerprint density at radius 3 is 2.96 bits per heavy atom. The number of aryl methyl sites for hydroxylation is 1. The van der Waals surface area contributed by atoms with Gasteiger partial charge in [0.1, 0.15) is 9.92 Å². The lowest BCUT2D eigenvalue weighted by Crippen LogP contribution is -2.48. The maximum Gasteiger partial charge on any atom is 0.246 e. The zero-order valence-electron chi connectivity index (χ0n) is 14.0. The molecule has 0 amide bonds. The van der Waals surface area contributed by atoms with Crippen LogP contribution >= 0.6 is 11.6 Å². The third-order valence-corrected chi connectivity index (χ3v) is 6.73. The first-order valence-electron chi connectivity index (χ1n) is 8.11. The van der Waals surface area contributed by atoms with Crippen LogP contribution in [0.25, 0.3) is 5.65 Å². The Balaban J connectivity index is 1.77. The molecule has 3 aromatic rings. The van der Waals surface area contributed by atoms with Gasteiger partial charge in [-0.25, -0.2) is 17.9 Å². The predicted octanol–water partition coefficient (Wildman–Crippen LogP) is 1.42. The molecule has 4 heterocycles. The molecule has 0 radical (unpaired) electrons. The predicted molar refractivity (Wildman–Crippen MR) is 96.5 cm³/mol. The van der Waals surface area contributed by atoms with Crippen molar-refractivity contribution in [1.29, 1.82) is 0 Å². The minimum absolute atomic E-state index is 0.0833. The Morgan fingerprint density at radius 1 is 1.35 bits per heavy atom. The number of fused-ring (bicyclic) bond motifs is 1. The fourth-order valence-corrected chi connectivity index (χ4v) is 4.82. The van der Waals surface area contributed by atoms with Gasteiger partial charge in [0.15, 0.2) is 5.65 Å². The summed E-state index contributed by atoms with van der Waals surface area (Å²) in [5.41, 5.74) is 1.88. The lowest BCUT2D eigenvalue weighted by atomic mass is 10.1. The van der Waals surface area contributed by atoms with Crippen LogP contribution in [0.5, 0.6) is 0 Å². The Morgan fingerprint density at radius 2 is 2.19 bits per heavy atom. The lowest BCUT2D eigenvalue weighted by Gasteiger charge is -2.35. The van der Waals surface area contributed by atoms with E-state index in [-0.39, 0.29) is 10.9 Å². The summed E-state index contributed by atoms with van der Waals surface area (Å²) in [5, 5.41) is 7.89. The fraction of sp³-hybridized carbons (Fsp3) is 0.312. The van der Waals surface area contributed by atoms with Gasteiger partial charge in [-0.2, -0.15) is 9.40 Å². The van der Waals surface area contributed by atoms with Crippen molar-refractivity contribution >= 4 is 27.3 Å². The molecule has 1 aliphatic rings. The molecule has 8 nitrogen and oxygen atoms in total. The molecule has 26 heavy (non-hydrogen) atoms. The van der Waals surface area contributed by atoms with Gasteiger partial charge in [-0.15, -0.1) is 0 Å². The zero-order chi connectivity index (χ0) is 18.3. The van der Waals surface area contributed by atoms with E-state index >= 15 is 0 Å². The second-order valence-corrected chi connectivity index (χ2v) is 8.35. The van der Waals surface area contributed by atoms with Gasteiger partial charge in [0.25, 0.3) is 0 Å². The van der Waals surface area contributed by atoms with Crippen LogP contribution in [0.15, 0.2) is 41.8 Å². The second kappa shape index (κ2) is 6.58. The van der Waals surface area contributed by atoms with Gasteiger partial charge < -0.3 is 5.32 Å². The van der Waals surface area contributed by atoms with Crippen molar-refractivity contribution < 1.29 is 8.42 Å². The highest BCUT2D eigenvalue weighted by Gasteiger charge is 2.35. The van der Waals surface area contributed by atoms with E-state index in [1.807, 2.05) is 6.07 Å². The lowest BCUT2D eigenvalue weighted by molar-refractivity contribution is 0.271. The van der Waals surface area contributed by atoms with E-state index in [1.54, 1.807) is 25.4 Å². The van der Waals surface area contributed by atoms with Crippen LogP contribution in [0.3, 0.4) is 0 Å². The van der Waals surface area contributed by atoms with Crippen LogP contribution in [0.4, 0.5) is 0 Å². The largest absolute Gasteiger partial charge is 0.313 e. The highest BCUT2D eigenvalue weighted by Crippen LogP contribution is 2.29. The van der Waals surface area contributed by atoms with Crippen molar-refractivity contribution in [2.45, 2.75) is 17.9 Å². The summed E-state index contributed by atoms with van der Waals surface area (Å²) in [6.07, 6.45) is 6.15. The monoisotopic (exact) mass is 392 g/mol. The van der Waals surface area contributed by atoms with Gasteiger partial charge in [-0.3, -0.25) is 4.98 Å². The molecule has 136 valence electrons. The zero-order valence-corrected chi connectivity index (χ0v) is 15.6. The Bertz CT molecular complexity index is 1050. The minimum atomic E-state index is -3.76. The SMILES string of the molecule is Cc1nn2cc(S(=O)(=O)N3CCNCC3c3cccnc3)cnc2c1Cl. The molecule has 0 aliphatic carbocycles. The minimum Gasteiger partial charge on any atom is -0.313 e. The molecule has 0 saturated carbocycles. The number of sulfonamides is 1. The first-order chi connectivity index (χ1) is 12.5. The Kier molecular flexibility index (Phi) is 4.39. The molecule has 0 spiro atoms. The summed E-state index contributed by atoms with van der Waals surface area (Å²) in [6.45, 7) is 3.21. The summed E-state index contributed by atoms with van der Waals surface area (Å²) in [5.74, 6) is 0. The average Bonchev–Trinajstić information content (AvgIpc) is 2.96. The van der Waals surface area contributed by atoms with E-state index in [2.05, 4.69) is 20.4 Å². The molecule has 0 bridgehead atoms. The Labute approximate surface area is 155 Å². The summed E-state index contributed by atoms with van der Waals surface area (Å²) >= 11 is 6.14. The maximum absolute atomic E-state index is 13.3. The van der Waals surface area contributed by atoms with E-state index < -0.39 is 10.0 Å². The average molecular weight is 393 g/mol. The first kappa shape index (κ1) is 17.3. The van der Waals surface area contributed by atoms with Crippen LogP contribution < -0.4 is 5.32 Å². The molecule has 1 fully saturated rings. The van der Waals surface area contributed by atoms with Gasteiger partial charge in [-0.05, 0) is 18.6 Å². The van der Waals surface area contributed by atoms with E-state index in [0.29, 0.717) is 36.0 Å². The van der Waals surface area contributed by atoms with Crippen molar-refractivity contribution in [2.24, 2.45) is 0 Å². The van der Waals surface area contributed by atoms with Crippen LogP contribution in [-0.4, -0.2) is 51.9 Å². The van der Waals surface area contributed by atoms with Gasteiger partial charge in [0.05, 0.1) is 24.1 Å². The number of pyridine rings is 1.